The molecule has 1 saturated carbocycles. The van der Waals surface area contributed by atoms with E-state index >= 15 is 0 Å². The van der Waals surface area contributed by atoms with Crippen LogP contribution in [0.1, 0.15) is 50.6 Å². The maximum Gasteiger partial charge on any atom is 0.124 e. The van der Waals surface area contributed by atoms with Gasteiger partial charge >= 0.3 is 0 Å². The fraction of sp³-hybridized carbons (Fsp3) is 0.600. The molecule has 1 N–H and O–H groups in total. The van der Waals surface area contributed by atoms with Crippen LogP contribution in [0.2, 0.25) is 5.02 Å². The molecule has 2 rings (SSSR count). The number of benzene rings is 1. The lowest BCUT2D eigenvalue weighted by molar-refractivity contribution is 0.400. The first-order chi connectivity index (χ1) is 8.70. The summed E-state index contributed by atoms with van der Waals surface area (Å²) in [6.07, 6.45) is 6.45. The molecule has 1 atom stereocenters. The molecule has 0 radical (unpaired) electrons. The van der Waals surface area contributed by atoms with E-state index in [1.165, 1.54) is 37.8 Å². The summed E-state index contributed by atoms with van der Waals surface area (Å²) in [7, 11) is 0. The second-order valence-electron chi connectivity index (χ2n) is 5.16. The third kappa shape index (κ3) is 3.46. The van der Waals surface area contributed by atoms with Crippen LogP contribution < -0.4 is 5.32 Å². The highest BCUT2D eigenvalue weighted by Gasteiger charge is 2.22. The van der Waals surface area contributed by atoms with Crippen molar-refractivity contribution in [3.8, 4) is 0 Å². The Hall–Kier alpha value is -0.600. The van der Waals surface area contributed by atoms with Crippen molar-refractivity contribution in [3.63, 3.8) is 0 Å². The quantitative estimate of drug-likeness (QED) is 0.816. The van der Waals surface area contributed by atoms with Crippen molar-refractivity contribution >= 4 is 11.6 Å². The van der Waals surface area contributed by atoms with Gasteiger partial charge in [-0.05, 0) is 36.6 Å². The molecule has 0 saturated heterocycles. The Kier molecular flexibility index (Phi) is 5.02. The standard InChI is InChI=1S/C15H21ClFN/c1-2-18-15(9-11-5-3-4-6-11)13-8-7-12(17)10-14(13)16/h7-8,10-11,15,18H,2-6,9H2,1H3. The monoisotopic (exact) mass is 269 g/mol. The molecule has 0 amide bonds. The molecule has 0 aliphatic heterocycles. The van der Waals surface area contributed by atoms with E-state index < -0.39 is 0 Å². The number of halogens is 2. The zero-order chi connectivity index (χ0) is 13.0. The van der Waals surface area contributed by atoms with E-state index in [0.29, 0.717) is 5.02 Å². The van der Waals surface area contributed by atoms with Gasteiger partial charge in [0.1, 0.15) is 5.82 Å². The average molecular weight is 270 g/mol. The Morgan fingerprint density at radius 1 is 1.39 bits per heavy atom. The largest absolute Gasteiger partial charge is 0.310 e. The van der Waals surface area contributed by atoms with E-state index in [1.807, 2.05) is 6.07 Å². The molecule has 1 nitrogen and oxygen atoms in total. The van der Waals surface area contributed by atoms with Crippen molar-refractivity contribution in [3.05, 3.63) is 34.6 Å². The molecule has 100 valence electrons. The Bertz CT molecular complexity index is 388. The zero-order valence-electron chi connectivity index (χ0n) is 10.9. The maximum atomic E-state index is 13.1. The SMILES string of the molecule is CCNC(CC1CCCC1)c1ccc(F)cc1Cl. The zero-order valence-corrected chi connectivity index (χ0v) is 11.6. The lowest BCUT2D eigenvalue weighted by Gasteiger charge is -2.22. The first-order valence-corrected chi connectivity index (χ1v) is 7.26. The normalized spacial score (nSPS) is 18.2. The summed E-state index contributed by atoms with van der Waals surface area (Å²) in [5, 5.41) is 4.02. The van der Waals surface area contributed by atoms with Crippen LogP contribution >= 0.6 is 11.6 Å². The van der Waals surface area contributed by atoms with Gasteiger partial charge in [-0.25, -0.2) is 4.39 Å². The van der Waals surface area contributed by atoms with Crippen LogP contribution in [-0.4, -0.2) is 6.54 Å². The first kappa shape index (κ1) is 13.8. The van der Waals surface area contributed by atoms with Crippen molar-refractivity contribution < 1.29 is 4.39 Å². The Labute approximate surface area is 114 Å². The number of rotatable bonds is 5. The highest BCUT2D eigenvalue weighted by Crippen LogP contribution is 2.35. The van der Waals surface area contributed by atoms with Crippen molar-refractivity contribution in [1.82, 2.24) is 5.32 Å². The molecule has 18 heavy (non-hydrogen) atoms. The molecule has 0 bridgehead atoms. The summed E-state index contributed by atoms with van der Waals surface area (Å²) in [5.41, 5.74) is 1.03. The molecule has 1 fully saturated rings. The number of hydrogen-bond donors (Lipinski definition) is 1. The highest BCUT2D eigenvalue weighted by atomic mass is 35.5. The van der Waals surface area contributed by atoms with E-state index in [0.717, 1.165) is 24.4 Å². The number of nitrogens with one attached hydrogen (secondary N) is 1. The minimum absolute atomic E-state index is 0.256. The van der Waals surface area contributed by atoms with Gasteiger partial charge in [-0.1, -0.05) is 50.3 Å². The molecule has 1 aromatic carbocycles. The van der Waals surface area contributed by atoms with E-state index in [4.69, 9.17) is 11.6 Å². The summed E-state index contributed by atoms with van der Waals surface area (Å²) < 4.78 is 13.1. The number of hydrogen-bond acceptors (Lipinski definition) is 1. The lowest BCUT2D eigenvalue weighted by Crippen LogP contribution is -2.23. The minimum Gasteiger partial charge on any atom is -0.310 e. The van der Waals surface area contributed by atoms with Crippen molar-refractivity contribution in [2.45, 2.75) is 45.1 Å². The third-order valence-electron chi connectivity index (χ3n) is 3.83. The van der Waals surface area contributed by atoms with Gasteiger partial charge in [0.15, 0.2) is 0 Å². The summed E-state index contributed by atoms with van der Waals surface area (Å²) in [5.74, 6) is 0.523. The van der Waals surface area contributed by atoms with Crippen LogP contribution in [0.5, 0.6) is 0 Å². The van der Waals surface area contributed by atoms with Crippen LogP contribution in [-0.2, 0) is 0 Å². The fourth-order valence-corrected chi connectivity index (χ4v) is 3.23. The van der Waals surface area contributed by atoms with Crippen molar-refractivity contribution in [2.75, 3.05) is 6.54 Å². The molecule has 0 spiro atoms. The van der Waals surface area contributed by atoms with E-state index in [-0.39, 0.29) is 11.9 Å². The van der Waals surface area contributed by atoms with E-state index in [9.17, 15) is 4.39 Å². The van der Waals surface area contributed by atoms with Gasteiger partial charge in [0.2, 0.25) is 0 Å². The summed E-state index contributed by atoms with van der Waals surface area (Å²) in [4.78, 5) is 0. The second-order valence-corrected chi connectivity index (χ2v) is 5.57. The molecule has 0 heterocycles. The third-order valence-corrected chi connectivity index (χ3v) is 4.16. The van der Waals surface area contributed by atoms with Crippen LogP contribution in [0.3, 0.4) is 0 Å². The fourth-order valence-electron chi connectivity index (χ4n) is 2.93. The van der Waals surface area contributed by atoms with Crippen LogP contribution in [0, 0.1) is 11.7 Å². The van der Waals surface area contributed by atoms with Crippen LogP contribution in [0.4, 0.5) is 4.39 Å². The van der Waals surface area contributed by atoms with Gasteiger partial charge in [0, 0.05) is 11.1 Å². The highest BCUT2D eigenvalue weighted by molar-refractivity contribution is 6.31. The van der Waals surface area contributed by atoms with Gasteiger partial charge in [0.25, 0.3) is 0 Å². The predicted octanol–water partition coefficient (Wildman–Crippen LogP) is 4.71. The Morgan fingerprint density at radius 3 is 2.72 bits per heavy atom. The molecule has 1 unspecified atom stereocenters. The summed E-state index contributed by atoms with van der Waals surface area (Å²) in [6.45, 7) is 3.00. The molecular weight excluding hydrogens is 249 g/mol. The predicted molar refractivity (Wildman–Crippen MR) is 74.4 cm³/mol. The molecular formula is C15H21ClFN. The summed E-state index contributed by atoms with van der Waals surface area (Å²) >= 11 is 6.17. The first-order valence-electron chi connectivity index (χ1n) is 6.89. The van der Waals surface area contributed by atoms with Crippen molar-refractivity contribution in [2.24, 2.45) is 5.92 Å². The maximum absolute atomic E-state index is 13.1. The molecule has 1 aliphatic carbocycles. The minimum atomic E-state index is -0.264. The van der Waals surface area contributed by atoms with Gasteiger partial charge < -0.3 is 5.32 Å². The van der Waals surface area contributed by atoms with E-state index in [2.05, 4.69) is 12.2 Å². The van der Waals surface area contributed by atoms with Gasteiger partial charge in [-0.2, -0.15) is 0 Å². The van der Waals surface area contributed by atoms with Crippen LogP contribution in [0.15, 0.2) is 18.2 Å². The molecule has 1 aromatic rings. The molecule has 0 aromatic heterocycles. The Balaban J connectivity index is 2.12. The average Bonchev–Trinajstić information content (AvgIpc) is 2.81. The smallest absolute Gasteiger partial charge is 0.124 e. The summed E-state index contributed by atoms with van der Waals surface area (Å²) in [6, 6.07) is 4.99. The Morgan fingerprint density at radius 2 is 2.11 bits per heavy atom. The van der Waals surface area contributed by atoms with Gasteiger partial charge in [-0.15, -0.1) is 0 Å². The van der Waals surface area contributed by atoms with Gasteiger partial charge in [-0.3, -0.25) is 0 Å². The molecule has 1 aliphatic rings. The lowest BCUT2D eigenvalue weighted by atomic mass is 9.93. The van der Waals surface area contributed by atoms with Gasteiger partial charge in [0.05, 0.1) is 0 Å². The molecule has 3 heteroatoms. The van der Waals surface area contributed by atoms with Crippen LogP contribution in [0.25, 0.3) is 0 Å². The van der Waals surface area contributed by atoms with E-state index in [1.54, 1.807) is 0 Å². The topological polar surface area (TPSA) is 12.0 Å². The van der Waals surface area contributed by atoms with Crippen molar-refractivity contribution in [1.29, 1.82) is 0 Å². The second kappa shape index (κ2) is 6.53.